The van der Waals surface area contributed by atoms with Crippen molar-refractivity contribution < 1.29 is 4.74 Å². The molecule has 1 N–H and O–H groups in total. The predicted octanol–water partition coefficient (Wildman–Crippen LogP) is 4.09. The second-order valence-electron chi connectivity index (χ2n) is 4.70. The van der Waals surface area contributed by atoms with E-state index >= 15 is 0 Å². The van der Waals surface area contributed by atoms with Crippen molar-refractivity contribution in [2.75, 3.05) is 11.9 Å². The molecular formula is C16H20ClN3O. The van der Waals surface area contributed by atoms with Crippen molar-refractivity contribution in [2.45, 2.75) is 33.3 Å². The molecule has 0 saturated heterocycles. The number of ether oxygens (including phenoxy) is 1. The van der Waals surface area contributed by atoms with Gasteiger partial charge in [-0.2, -0.15) is 4.98 Å². The van der Waals surface area contributed by atoms with Gasteiger partial charge in [0.1, 0.15) is 18.2 Å². The largest absolute Gasteiger partial charge is 0.473 e. The van der Waals surface area contributed by atoms with E-state index in [1.54, 1.807) is 0 Å². The standard InChI is InChI=1S/C16H20ClN3O/c1-3-5-14-19-15(18-4-2)10-16(20-14)21-11-12-6-8-13(17)9-7-12/h6-10H,3-5,11H2,1-2H3,(H,18,19,20). The molecule has 2 aromatic rings. The maximum atomic E-state index is 5.87. The van der Waals surface area contributed by atoms with Gasteiger partial charge in [0, 0.05) is 24.1 Å². The fraction of sp³-hybridized carbons (Fsp3) is 0.375. The summed E-state index contributed by atoms with van der Waals surface area (Å²) in [5.41, 5.74) is 1.06. The summed E-state index contributed by atoms with van der Waals surface area (Å²) < 4.78 is 5.77. The fourth-order valence-electron chi connectivity index (χ4n) is 1.89. The Morgan fingerprint density at radius 1 is 1.14 bits per heavy atom. The normalized spacial score (nSPS) is 10.4. The summed E-state index contributed by atoms with van der Waals surface area (Å²) in [6, 6.07) is 9.43. The summed E-state index contributed by atoms with van der Waals surface area (Å²) in [4.78, 5) is 8.90. The third kappa shape index (κ3) is 4.90. The highest BCUT2D eigenvalue weighted by molar-refractivity contribution is 6.30. The number of hydrogen-bond acceptors (Lipinski definition) is 4. The summed E-state index contributed by atoms with van der Waals surface area (Å²) in [6.45, 7) is 5.43. The monoisotopic (exact) mass is 305 g/mol. The highest BCUT2D eigenvalue weighted by Gasteiger charge is 2.05. The molecule has 0 fully saturated rings. The van der Waals surface area contributed by atoms with E-state index in [1.807, 2.05) is 37.3 Å². The molecule has 1 aromatic carbocycles. The number of nitrogens with zero attached hydrogens (tertiary/aromatic N) is 2. The van der Waals surface area contributed by atoms with E-state index in [1.165, 1.54) is 0 Å². The number of aromatic nitrogens is 2. The second kappa shape index (κ2) is 7.84. The number of benzene rings is 1. The van der Waals surface area contributed by atoms with Crippen molar-refractivity contribution in [3.8, 4) is 5.88 Å². The van der Waals surface area contributed by atoms with Crippen LogP contribution in [0.15, 0.2) is 30.3 Å². The predicted molar refractivity (Wildman–Crippen MR) is 86.0 cm³/mol. The van der Waals surface area contributed by atoms with Crippen molar-refractivity contribution in [3.63, 3.8) is 0 Å². The zero-order valence-corrected chi connectivity index (χ0v) is 13.2. The maximum Gasteiger partial charge on any atom is 0.219 e. The molecule has 0 bridgehead atoms. The van der Waals surface area contributed by atoms with Crippen LogP contribution in [0.1, 0.15) is 31.7 Å². The highest BCUT2D eigenvalue weighted by Crippen LogP contribution is 2.17. The number of nitrogens with one attached hydrogen (secondary N) is 1. The summed E-state index contributed by atoms with van der Waals surface area (Å²) in [5.74, 6) is 2.21. The van der Waals surface area contributed by atoms with Gasteiger partial charge in [0.25, 0.3) is 0 Å². The van der Waals surface area contributed by atoms with Crippen LogP contribution in [0.2, 0.25) is 5.02 Å². The Morgan fingerprint density at radius 2 is 1.90 bits per heavy atom. The molecule has 0 saturated carbocycles. The lowest BCUT2D eigenvalue weighted by Gasteiger charge is -2.10. The summed E-state index contributed by atoms with van der Waals surface area (Å²) in [5, 5.41) is 3.93. The van der Waals surface area contributed by atoms with Gasteiger partial charge < -0.3 is 10.1 Å². The van der Waals surface area contributed by atoms with Gasteiger partial charge in [0.05, 0.1) is 0 Å². The Hall–Kier alpha value is -1.81. The van der Waals surface area contributed by atoms with E-state index in [-0.39, 0.29) is 0 Å². The van der Waals surface area contributed by atoms with E-state index in [9.17, 15) is 0 Å². The van der Waals surface area contributed by atoms with Gasteiger partial charge in [-0.3, -0.25) is 0 Å². The molecule has 0 aliphatic carbocycles. The van der Waals surface area contributed by atoms with Crippen LogP contribution in [0.25, 0.3) is 0 Å². The third-order valence-electron chi connectivity index (χ3n) is 2.88. The van der Waals surface area contributed by atoms with E-state index < -0.39 is 0 Å². The number of halogens is 1. The first-order valence-electron chi connectivity index (χ1n) is 7.20. The fourth-order valence-corrected chi connectivity index (χ4v) is 2.02. The molecule has 5 heteroatoms. The Kier molecular flexibility index (Phi) is 5.81. The molecule has 1 heterocycles. The van der Waals surface area contributed by atoms with Gasteiger partial charge in [-0.1, -0.05) is 30.7 Å². The van der Waals surface area contributed by atoms with Crippen LogP contribution in [0.3, 0.4) is 0 Å². The average molecular weight is 306 g/mol. The smallest absolute Gasteiger partial charge is 0.219 e. The lowest BCUT2D eigenvalue weighted by atomic mass is 10.2. The third-order valence-corrected chi connectivity index (χ3v) is 3.13. The SMILES string of the molecule is CCCc1nc(NCC)cc(OCc2ccc(Cl)cc2)n1. The highest BCUT2D eigenvalue weighted by atomic mass is 35.5. The zero-order valence-electron chi connectivity index (χ0n) is 12.4. The van der Waals surface area contributed by atoms with Crippen molar-refractivity contribution in [2.24, 2.45) is 0 Å². The zero-order chi connectivity index (χ0) is 15.1. The summed E-state index contributed by atoms with van der Waals surface area (Å²) in [6.07, 6.45) is 1.85. The van der Waals surface area contributed by atoms with Gasteiger partial charge in [0.15, 0.2) is 0 Å². The van der Waals surface area contributed by atoms with E-state index in [2.05, 4.69) is 22.2 Å². The molecule has 2 rings (SSSR count). The molecule has 1 aromatic heterocycles. The first-order valence-corrected chi connectivity index (χ1v) is 7.58. The number of rotatable bonds is 7. The van der Waals surface area contributed by atoms with E-state index in [0.717, 1.165) is 41.6 Å². The minimum Gasteiger partial charge on any atom is -0.473 e. The number of hydrogen-bond donors (Lipinski definition) is 1. The van der Waals surface area contributed by atoms with Crippen LogP contribution in [-0.2, 0) is 13.0 Å². The lowest BCUT2D eigenvalue weighted by molar-refractivity contribution is 0.292. The van der Waals surface area contributed by atoms with Crippen molar-refractivity contribution >= 4 is 17.4 Å². The molecule has 0 radical (unpaired) electrons. The molecule has 0 atom stereocenters. The minimum absolute atomic E-state index is 0.464. The van der Waals surface area contributed by atoms with Crippen LogP contribution in [-0.4, -0.2) is 16.5 Å². The van der Waals surface area contributed by atoms with Gasteiger partial charge in [-0.15, -0.1) is 0 Å². The van der Waals surface area contributed by atoms with E-state index in [4.69, 9.17) is 16.3 Å². The summed E-state index contributed by atoms with van der Waals surface area (Å²) in [7, 11) is 0. The first kappa shape index (κ1) is 15.6. The Balaban J connectivity index is 2.08. The van der Waals surface area contributed by atoms with Crippen LogP contribution >= 0.6 is 11.6 Å². The molecule has 0 amide bonds. The van der Waals surface area contributed by atoms with Crippen molar-refractivity contribution in [3.05, 3.63) is 46.7 Å². The molecule has 0 aliphatic heterocycles. The average Bonchev–Trinajstić information content (AvgIpc) is 2.47. The minimum atomic E-state index is 0.464. The Labute approximate surface area is 130 Å². The molecule has 4 nitrogen and oxygen atoms in total. The van der Waals surface area contributed by atoms with Crippen LogP contribution in [0, 0.1) is 0 Å². The topological polar surface area (TPSA) is 47.0 Å². The van der Waals surface area contributed by atoms with Crippen LogP contribution in [0.4, 0.5) is 5.82 Å². The molecular weight excluding hydrogens is 286 g/mol. The van der Waals surface area contributed by atoms with Gasteiger partial charge in [0.2, 0.25) is 5.88 Å². The summed E-state index contributed by atoms with van der Waals surface area (Å²) >= 11 is 5.87. The number of aryl methyl sites for hydroxylation is 1. The molecule has 0 unspecified atom stereocenters. The molecule has 21 heavy (non-hydrogen) atoms. The van der Waals surface area contributed by atoms with Gasteiger partial charge in [-0.25, -0.2) is 4.98 Å². The second-order valence-corrected chi connectivity index (χ2v) is 5.14. The lowest BCUT2D eigenvalue weighted by Crippen LogP contribution is -2.06. The van der Waals surface area contributed by atoms with Crippen LogP contribution < -0.4 is 10.1 Å². The number of anilines is 1. The van der Waals surface area contributed by atoms with Gasteiger partial charge in [-0.05, 0) is 31.0 Å². The molecule has 0 spiro atoms. The maximum absolute atomic E-state index is 5.87. The Morgan fingerprint density at radius 3 is 2.57 bits per heavy atom. The van der Waals surface area contributed by atoms with Crippen LogP contribution in [0.5, 0.6) is 5.88 Å². The van der Waals surface area contributed by atoms with Gasteiger partial charge >= 0.3 is 0 Å². The molecule has 0 aliphatic rings. The molecule has 112 valence electrons. The quantitative estimate of drug-likeness (QED) is 0.837. The van der Waals surface area contributed by atoms with Crippen molar-refractivity contribution in [1.29, 1.82) is 0 Å². The van der Waals surface area contributed by atoms with E-state index in [0.29, 0.717) is 12.5 Å². The van der Waals surface area contributed by atoms with Crippen molar-refractivity contribution in [1.82, 2.24) is 9.97 Å². The Bertz CT molecular complexity index is 548. The first-order chi connectivity index (χ1) is 10.2.